The minimum Gasteiger partial charge on any atom is -0.378 e. The molecule has 6 nitrogen and oxygen atoms in total. The molecule has 0 aliphatic carbocycles. The number of para-hydroxylation sites is 1. The van der Waals surface area contributed by atoms with Crippen LogP contribution in [-0.2, 0) is 24.4 Å². The second-order valence-electron chi connectivity index (χ2n) is 8.58. The lowest BCUT2D eigenvalue weighted by Gasteiger charge is -2.30. The van der Waals surface area contributed by atoms with Crippen LogP contribution in [0.1, 0.15) is 36.5 Å². The van der Waals surface area contributed by atoms with Gasteiger partial charge in [0.25, 0.3) is 0 Å². The molecule has 0 unspecified atom stereocenters. The maximum Gasteiger partial charge on any atom is 0.191 e. The minimum absolute atomic E-state index is 0. The van der Waals surface area contributed by atoms with Crippen molar-refractivity contribution in [3.63, 3.8) is 0 Å². The van der Waals surface area contributed by atoms with Gasteiger partial charge in [0.05, 0.1) is 19.8 Å². The third-order valence-electron chi connectivity index (χ3n) is 6.18. The molecule has 0 radical (unpaired) electrons. The summed E-state index contributed by atoms with van der Waals surface area (Å²) >= 11 is 0. The van der Waals surface area contributed by atoms with Crippen LogP contribution in [0.25, 0.3) is 0 Å². The van der Waals surface area contributed by atoms with Crippen LogP contribution in [0, 0.1) is 0 Å². The van der Waals surface area contributed by atoms with E-state index in [0.29, 0.717) is 6.54 Å². The number of anilines is 1. The van der Waals surface area contributed by atoms with Gasteiger partial charge < -0.3 is 20.3 Å². The summed E-state index contributed by atoms with van der Waals surface area (Å²) in [7, 11) is 0. The Morgan fingerprint density at radius 3 is 2.33 bits per heavy atom. The number of guanidine groups is 1. The van der Waals surface area contributed by atoms with Crippen LogP contribution in [0.3, 0.4) is 0 Å². The molecule has 33 heavy (non-hydrogen) atoms. The molecule has 2 saturated heterocycles. The summed E-state index contributed by atoms with van der Waals surface area (Å²) in [6.45, 7) is 11.4. The molecule has 0 atom stereocenters. The molecule has 7 heteroatoms. The molecule has 0 aromatic heterocycles. The fourth-order valence-corrected chi connectivity index (χ4v) is 4.41. The van der Waals surface area contributed by atoms with E-state index in [9.17, 15) is 0 Å². The van der Waals surface area contributed by atoms with Crippen LogP contribution in [0.4, 0.5) is 5.69 Å². The third kappa shape index (κ3) is 7.86. The Bertz CT molecular complexity index is 861. The molecular formula is C26H38IN5O. The Labute approximate surface area is 215 Å². The van der Waals surface area contributed by atoms with Gasteiger partial charge in [-0.3, -0.25) is 4.90 Å². The van der Waals surface area contributed by atoms with Crippen LogP contribution in [-0.4, -0.2) is 56.8 Å². The van der Waals surface area contributed by atoms with Gasteiger partial charge in [0.15, 0.2) is 5.96 Å². The molecule has 2 aromatic rings. The van der Waals surface area contributed by atoms with Crippen LogP contribution in [0.15, 0.2) is 53.5 Å². The summed E-state index contributed by atoms with van der Waals surface area (Å²) in [6.07, 6.45) is 2.67. The molecule has 0 spiro atoms. The molecule has 2 N–H and O–H groups in total. The number of aliphatic imine (C=N–C) groups is 1. The Morgan fingerprint density at radius 2 is 1.61 bits per heavy atom. The van der Waals surface area contributed by atoms with E-state index in [0.717, 1.165) is 51.9 Å². The fourth-order valence-electron chi connectivity index (χ4n) is 4.41. The molecule has 180 valence electrons. The van der Waals surface area contributed by atoms with Gasteiger partial charge in [-0.1, -0.05) is 42.5 Å². The summed E-state index contributed by atoms with van der Waals surface area (Å²) in [5.41, 5.74) is 5.20. The van der Waals surface area contributed by atoms with Crippen molar-refractivity contribution >= 4 is 35.6 Å². The fraction of sp³-hybridized carbons (Fsp3) is 0.500. The van der Waals surface area contributed by atoms with Gasteiger partial charge in [-0.05, 0) is 55.6 Å². The van der Waals surface area contributed by atoms with Crippen molar-refractivity contribution in [1.82, 2.24) is 15.5 Å². The monoisotopic (exact) mass is 563 g/mol. The number of hydrogen-bond acceptors (Lipinski definition) is 4. The highest BCUT2D eigenvalue weighted by Gasteiger charge is 2.14. The summed E-state index contributed by atoms with van der Waals surface area (Å²) in [5, 5.41) is 6.90. The molecule has 0 saturated carbocycles. The number of ether oxygens (including phenoxy) is 1. The SMILES string of the molecule is CCNC(=NCc1ccc(CN2CCCC2)cc1)NCc1ccccc1N1CCOCC1.I. The van der Waals surface area contributed by atoms with E-state index in [1.807, 2.05) is 0 Å². The molecule has 2 heterocycles. The Morgan fingerprint density at radius 1 is 0.909 bits per heavy atom. The number of benzene rings is 2. The van der Waals surface area contributed by atoms with Gasteiger partial charge >= 0.3 is 0 Å². The predicted molar refractivity (Wildman–Crippen MR) is 147 cm³/mol. The first-order chi connectivity index (χ1) is 15.8. The summed E-state index contributed by atoms with van der Waals surface area (Å²) in [4.78, 5) is 9.77. The predicted octanol–water partition coefficient (Wildman–Crippen LogP) is 3.99. The highest BCUT2D eigenvalue weighted by atomic mass is 127. The van der Waals surface area contributed by atoms with Gasteiger partial charge in [-0.2, -0.15) is 0 Å². The standard InChI is InChI=1S/C26H37N5O.HI/c1-2-27-26(28-19-22-9-11-23(12-10-22)21-30-13-5-6-14-30)29-20-24-7-3-4-8-25(24)31-15-17-32-18-16-31;/h3-4,7-12H,2,5-6,13-21H2,1H3,(H2,27,28,29);1H. The number of halogens is 1. The zero-order valence-electron chi connectivity index (χ0n) is 19.8. The molecule has 4 rings (SSSR count). The van der Waals surface area contributed by atoms with Crippen LogP contribution >= 0.6 is 24.0 Å². The number of likely N-dealkylation sites (tertiary alicyclic amines) is 1. The number of morpholine rings is 1. The number of nitrogens with zero attached hydrogens (tertiary/aromatic N) is 3. The Kier molecular flexibility index (Phi) is 10.8. The molecule has 0 bridgehead atoms. The second-order valence-corrected chi connectivity index (χ2v) is 8.58. The lowest BCUT2D eigenvalue weighted by Crippen LogP contribution is -2.39. The normalized spacial score (nSPS) is 17.0. The Hall–Kier alpha value is -1.84. The van der Waals surface area contributed by atoms with E-state index >= 15 is 0 Å². The molecular weight excluding hydrogens is 525 g/mol. The van der Waals surface area contributed by atoms with E-state index < -0.39 is 0 Å². The van der Waals surface area contributed by atoms with E-state index in [1.165, 1.54) is 48.3 Å². The van der Waals surface area contributed by atoms with Crippen LogP contribution in [0.5, 0.6) is 0 Å². The molecule has 0 amide bonds. The van der Waals surface area contributed by atoms with E-state index in [4.69, 9.17) is 9.73 Å². The average Bonchev–Trinajstić information content (AvgIpc) is 3.36. The largest absolute Gasteiger partial charge is 0.378 e. The van der Waals surface area contributed by atoms with E-state index in [-0.39, 0.29) is 24.0 Å². The quantitative estimate of drug-likeness (QED) is 0.289. The van der Waals surface area contributed by atoms with Crippen molar-refractivity contribution in [2.45, 2.75) is 39.4 Å². The first-order valence-corrected chi connectivity index (χ1v) is 12.0. The van der Waals surface area contributed by atoms with Crippen molar-refractivity contribution in [2.75, 3.05) is 50.8 Å². The molecule has 2 aliphatic heterocycles. The van der Waals surface area contributed by atoms with Gasteiger partial charge in [-0.25, -0.2) is 4.99 Å². The van der Waals surface area contributed by atoms with Crippen LogP contribution in [0.2, 0.25) is 0 Å². The van der Waals surface area contributed by atoms with Gasteiger partial charge in [0, 0.05) is 38.4 Å². The second kappa shape index (κ2) is 13.8. The number of rotatable bonds is 8. The lowest BCUT2D eigenvalue weighted by molar-refractivity contribution is 0.122. The highest BCUT2D eigenvalue weighted by Crippen LogP contribution is 2.21. The maximum atomic E-state index is 5.52. The zero-order valence-corrected chi connectivity index (χ0v) is 22.1. The molecule has 2 fully saturated rings. The smallest absolute Gasteiger partial charge is 0.191 e. The first kappa shape index (κ1) is 25.8. The van der Waals surface area contributed by atoms with Gasteiger partial charge in [0.1, 0.15) is 0 Å². The van der Waals surface area contributed by atoms with Gasteiger partial charge in [0.2, 0.25) is 0 Å². The average molecular weight is 564 g/mol. The third-order valence-corrected chi connectivity index (χ3v) is 6.18. The highest BCUT2D eigenvalue weighted by molar-refractivity contribution is 14.0. The molecule has 2 aliphatic rings. The van der Waals surface area contributed by atoms with Crippen molar-refractivity contribution in [3.05, 3.63) is 65.2 Å². The van der Waals surface area contributed by atoms with Crippen molar-refractivity contribution in [3.8, 4) is 0 Å². The lowest BCUT2D eigenvalue weighted by atomic mass is 10.1. The summed E-state index contributed by atoms with van der Waals surface area (Å²) < 4.78 is 5.52. The zero-order chi connectivity index (χ0) is 22.0. The first-order valence-electron chi connectivity index (χ1n) is 12.0. The number of nitrogens with one attached hydrogen (secondary N) is 2. The molecule has 2 aromatic carbocycles. The van der Waals surface area contributed by atoms with Crippen molar-refractivity contribution < 1.29 is 4.74 Å². The Balaban J connectivity index is 0.00000306. The topological polar surface area (TPSA) is 52.1 Å². The summed E-state index contributed by atoms with van der Waals surface area (Å²) in [5.74, 6) is 0.852. The van der Waals surface area contributed by atoms with Crippen molar-refractivity contribution in [2.24, 2.45) is 4.99 Å². The summed E-state index contributed by atoms with van der Waals surface area (Å²) in [6, 6.07) is 17.6. The van der Waals surface area contributed by atoms with E-state index in [1.54, 1.807) is 0 Å². The minimum atomic E-state index is 0. The van der Waals surface area contributed by atoms with Crippen molar-refractivity contribution in [1.29, 1.82) is 0 Å². The number of hydrogen-bond donors (Lipinski definition) is 2. The maximum absolute atomic E-state index is 5.52. The van der Waals surface area contributed by atoms with E-state index in [2.05, 4.69) is 75.9 Å². The van der Waals surface area contributed by atoms with Gasteiger partial charge in [-0.15, -0.1) is 24.0 Å². The van der Waals surface area contributed by atoms with Crippen LogP contribution < -0.4 is 15.5 Å².